The van der Waals surface area contributed by atoms with Gasteiger partial charge in [-0.25, -0.2) is 0 Å². The second kappa shape index (κ2) is 8.79. The van der Waals surface area contributed by atoms with Crippen molar-refractivity contribution < 1.29 is 14.3 Å². The second-order valence-corrected chi connectivity index (χ2v) is 9.60. The molecule has 0 unspecified atom stereocenters. The molecule has 0 fully saturated rings. The summed E-state index contributed by atoms with van der Waals surface area (Å²) in [6.07, 6.45) is 2.96. The molecular formula is C23H26N2O3S. The Hall–Kier alpha value is -2.65. The third kappa shape index (κ3) is 5.24. The van der Waals surface area contributed by atoms with Gasteiger partial charge in [-0.2, -0.15) is 5.26 Å². The third-order valence-corrected chi connectivity index (χ3v) is 6.58. The lowest BCUT2D eigenvalue weighted by atomic mass is 9.72. The first kappa shape index (κ1) is 21.1. The third-order valence-electron chi connectivity index (χ3n) is 5.41. The minimum Gasteiger partial charge on any atom is -0.455 e. The van der Waals surface area contributed by atoms with E-state index in [4.69, 9.17) is 4.74 Å². The van der Waals surface area contributed by atoms with Gasteiger partial charge < -0.3 is 10.1 Å². The van der Waals surface area contributed by atoms with Gasteiger partial charge in [-0.1, -0.05) is 51.1 Å². The van der Waals surface area contributed by atoms with E-state index in [1.165, 1.54) is 16.2 Å². The molecule has 0 saturated carbocycles. The number of thiophene rings is 1. The molecule has 1 amide bonds. The van der Waals surface area contributed by atoms with Crippen molar-refractivity contribution in [2.75, 3.05) is 11.9 Å². The van der Waals surface area contributed by atoms with E-state index in [-0.39, 0.29) is 18.4 Å². The summed E-state index contributed by atoms with van der Waals surface area (Å²) in [4.78, 5) is 25.4. The molecule has 152 valence electrons. The van der Waals surface area contributed by atoms with E-state index in [1.54, 1.807) is 0 Å². The second-order valence-electron chi connectivity index (χ2n) is 8.50. The van der Waals surface area contributed by atoms with E-state index in [1.807, 2.05) is 30.3 Å². The summed E-state index contributed by atoms with van der Waals surface area (Å²) < 4.78 is 5.09. The largest absolute Gasteiger partial charge is 0.455 e. The van der Waals surface area contributed by atoms with Crippen molar-refractivity contribution >= 4 is 28.2 Å². The Balaban J connectivity index is 1.60. The van der Waals surface area contributed by atoms with Crippen LogP contribution in [0.25, 0.3) is 0 Å². The highest BCUT2D eigenvalue weighted by Crippen LogP contribution is 2.43. The van der Waals surface area contributed by atoms with Crippen LogP contribution in [-0.4, -0.2) is 18.5 Å². The lowest BCUT2D eigenvalue weighted by Gasteiger charge is -2.33. The molecule has 3 rings (SSSR count). The maximum absolute atomic E-state index is 12.3. The highest BCUT2D eigenvalue weighted by molar-refractivity contribution is 7.16. The van der Waals surface area contributed by atoms with E-state index in [0.717, 1.165) is 30.4 Å². The first-order valence-electron chi connectivity index (χ1n) is 9.82. The van der Waals surface area contributed by atoms with Crippen LogP contribution in [-0.2, 0) is 33.6 Å². The number of anilines is 1. The highest BCUT2D eigenvalue weighted by Gasteiger charge is 2.32. The van der Waals surface area contributed by atoms with Gasteiger partial charge in [-0.15, -0.1) is 11.3 Å². The SMILES string of the molecule is CC(C)(C)[C@@H]1CCc2c(sc(NC(=O)COC(=O)Cc3ccccc3)c2C#N)C1. The number of carbonyl (C=O) groups is 2. The molecule has 1 heterocycles. The molecule has 29 heavy (non-hydrogen) atoms. The summed E-state index contributed by atoms with van der Waals surface area (Å²) in [7, 11) is 0. The molecule has 6 heteroatoms. The number of hydrogen-bond donors (Lipinski definition) is 1. The fourth-order valence-corrected chi connectivity index (χ4v) is 4.95. The van der Waals surface area contributed by atoms with Crippen LogP contribution in [0.4, 0.5) is 5.00 Å². The van der Waals surface area contributed by atoms with E-state index in [2.05, 4.69) is 32.2 Å². The van der Waals surface area contributed by atoms with Crippen LogP contribution in [0.2, 0.25) is 0 Å². The average molecular weight is 411 g/mol. The molecule has 0 spiro atoms. The maximum atomic E-state index is 12.3. The van der Waals surface area contributed by atoms with Crippen molar-refractivity contribution in [3.8, 4) is 6.07 Å². The zero-order valence-electron chi connectivity index (χ0n) is 17.1. The smallest absolute Gasteiger partial charge is 0.310 e. The number of nitrogens with zero attached hydrogens (tertiary/aromatic N) is 1. The predicted molar refractivity (Wildman–Crippen MR) is 114 cm³/mol. The molecule has 1 aliphatic rings. The lowest BCUT2D eigenvalue weighted by molar-refractivity contribution is -0.146. The summed E-state index contributed by atoms with van der Waals surface area (Å²) in [6.45, 7) is 6.37. The molecule has 1 aliphatic carbocycles. The average Bonchev–Trinajstić information content (AvgIpc) is 3.02. The minimum atomic E-state index is -0.453. The van der Waals surface area contributed by atoms with Gasteiger partial charge in [-0.05, 0) is 41.7 Å². The number of nitriles is 1. The van der Waals surface area contributed by atoms with Gasteiger partial charge in [0.2, 0.25) is 0 Å². The van der Waals surface area contributed by atoms with Crippen molar-refractivity contribution in [1.82, 2.24) is 0 Å². The van der Waals surface area contributed by atoms with Gasteiger partial charge in [-0.3, -0.25) is 9.59 Å². The highest BCUT2D eigenvalue weighted by atomic mass is 32.1. The molecule has 1 atom stereocenters. The molecule has 1 aromatic carbocycles. The van der Waals surface area contributed by atoms with Gasteiger partial charge in [0.05, 0.1) is 12.0 Å². The summed E-state index contributed by atoms with van der Waals surface area (Å²) in [6, 6.07) is 11.5. The quantitative estimate of drug-likeness (QED) is 0.736. The summed E-state index contributed by atoms with van der Waals surface area (Å²) in [5.74, 6) is -0.318. The van der Waals surface area contributed by atoms with Crippen molar-refractivity contribution in [2.24, 2.45) is 11.3 Å². The number of nitrogens with one attached hydrogen (secondary N) is 1. The minimum absolute atomic E-state index is 0.124. The maximum Gasteiger partial charge on any atom is 0.310 e. The van der Waals surface area contributed by atoms with Crippen LogP contribution in [0.3, 0.4) is 0 Å². The zero-order chi connectivity index (χ0) is 21.0. The Bertz CT molecular complexity index is 936. The first-order chi connectivity index (χ1) is 13.8. The molecule has 0 aliphatic heterocycles. The summed E-state index contributed by atoms with van der Waals surface area (Å²) >= 11 is 1.48. The number of ether oxygens (including phenoxy) is 1. The van der Waals surface area contributed by atoms with Gasteiger partial charge in [0.1, 0.15) is 11.1 Å². The van der Waals surface area contributed by atoms with Crippen molar-refractivity contribution in [3.63, 3.8) is 0 Å². The summed E-state index contributed by atoms with van der Waals surface area (Å²) in [5, 5.41) is 12.9. The van der Waals surface area contributed by atoms with Crippen molar-refractivity contribution in [3.05, 3.63) is 51.9 Å². The fraction of sp³-hybridized carbons (Fsp3) is 0.435. The number of hydrogen-bond acceptors (Lipinski definition) is 5. The Morgan fingerprint density at radius 1 is 1.28 bits per heavy atom. The zero-order valence-corrected chi connectivity index (χ0v) is 17.9. The van der Waals surface area contributed by atoms with E-state index in [9.17, 15) is 14.9 Å². The Labute approximate surface area is 175 Å². The molecule has 0 bridgehead atoms. The normalized spacial score (nSPS) is 15.9. The van der Waals surface area contributed by atoms with Crippen LogP contribution in [0, 0.1) is 22.7 Å². The van der Waals surface area contributed by atoms with Gasteiger partial charge in [0.15, 0.2) is 6.61 Å². The molecule has 1 aromatic heterocycles. The molecule has 2 aromatic rings. The van der Waals surface area contributed by atoms with Gasteiger partial charge >= 0.3 is 5.97 Å². The predicted octanol–water partition coefficient (Wildman–Crippen LogP) is 4.50. The van der Waals surface area contributed by atoms with Crippen LogP contribution in [0.15, 0.2) is 30.3 Å². The standard InChI is InChI=1S/C23H26N2O3S/c1-23(2,3)16-9-10-17-18(13-24)22(29-19(17)12-16)25-20(26)14-28-21(27)11-15-7-5-4-6-8-15/h4-8,16H,9-12,14H2,1-3H3,(H,25,26)/t16-/m1/s1. The molecule has 5 nitrogen and oxygen atoms in total. The van der Waals surface area contributed by atoms with Crippen LogP contribution < -0.4 is 5.32 Å². The van der Waals surface area contributed by atoms with Crippen LogP contribution in [0.1, 0.15) is 48.8 Å². The van der Waals surface area contributed by atoms with Crippen molar-refractivity contribution in [2.45, 2.75) is 46.5 Å². The number of fused-ring (bicyclic) bond motifs is 1. The number of rotatable bonds is 5. The van der Waals surface area contributed by atoms with Crippen molar-refractivity contribution in [1.29, 1.82) is 5.26 Å². The monoisotopic (exact) mass is 410 g/mol. The summed E-state index contributed by atoms with van der Waals surface area (Å²) in [5.41, 5.74) is 2.67. The number of esters is 1. The Morgan fingerprint density at radius 2 is 2.00 bits per heavy atom. The fourth-order valence-electron chi connectivity index (χ4n) is 3.65. The number of amides is 1. The molecule has 1 N–H and O–H groups in total. The number of carbonyl (C=O) groups excluding carboxylic acids is 2. The van der Waals surface area contributed by atoms with E-state index >= 15 is 0 Å². The lowest BCUT2D eigenvalue weighted by Crippen LogP contribution is -2.26. The van der Waals surface area contributed by atoms with Gasteiger partial charge in [0.25, 0.3) is 5.91 Å². The van der Waals surface area contributed by atoms with Crippen LogP contribution >= 0.6 is 11.3 Å². The first-order valence-corrected chi connectivity index (χ1v) is 10.6. The Kier molecular flexibility index (Phi) is 6.39. The molecule has 0 saturated heterocycles. The Morgan fingerprint density at radius 3 is 2.66 bits per heavy atom. The molecular weight excluding hydrogens is 384 g/mol. The van der Waals surface area contributed by atoms with Crippen LogP contribution in [0.5, 0.6) is 0 Å². The number of benzene rings is 1. The van der Waals surface area contributed by atoms with Gasteiger partial charge in [0, 0.05) is 4.88 Å². The topological polar surface area (TPSA) is 79.2 Å². The van der Waals surface area contributed by atoms with E-state index < -0.39 is 11.9 Å². The molecule has 0 radical (unpaired) electrons. The van der Waals surface area contributed by atoms with E-state index in [0.29, 0.717) is 16.5 Å².